The molecule has 1 N–H and O–H groups in total. The maximum Gasteiger partial charge on any atom is 0.320 e. The standard InChI is InChI=1S/C10H8Br2ClN3O2/c1-17-8-3-7(5(11)2-6(8)12)14-10-16-15-9(4-13)18-10/h2-3H,4H2,1H3,(H,14,16). The number of methoxy groups -OCH3 is 1. The third kappa shape index (κ3) is 2.96. The highest BCUT2D eigenvalue weighted by Gasteiger charge is 2.10. The third-order valence-corrected chi connectivity index (χ3v) is 3.57. The van der Waals surface area contributed by atoms with Crippen LogP contribution in [0.25, 0.3) is 0 Å². The average molecular weight is 397 g/mol. The summed E-state index contributed by atoms with van der Waals surface area (Å²) in [7, 11) is 1.59. The fourth-order valence-electron chi connectivity index (χ4n) is 1.25. The quantitative estimate of drug-likeness (QED) is 0.788. The predicted molar refractivity (Wildman–Crippen MR) is 75.5 cm³/mol. The normalized spacial score (nSPS) is 10.4. The van der Waals surface area contributed by atoms with Crippen molar-refractivity contribution in [2.45, 2.75) is 5.88 Å². The van der Waals surface area contributed by atoms with Crippen LogP contribution in [0.2, 0.25) is 0 Å². The van der Waals surface area contributed by atoms with E-state index in [0.29, 0.717) is 11.6 Å². The Kier molecular flexibility index (Phi) is 4.47. The molecule has 2 aromatic rings. The van der Waals surface area contributed by atoms with Crippen molar-refractivity contribution >= 4 is 55.2 Å². The van der Waals surface area contributed by atoms with E-state index in [1.54, 1.807) is 13.2 Å². The molecule has 0 fully saturated rings. The first-order valence-corrected chi connectivity index (χ1v) is 6.94. The Morgan fingerprint density at radius 3 is 2.72 bits per heavy atom. The molecule has 8 heteroatoms. The summed E-state index contributed by atoms with van der Waals surface area (Å²) in [6.07, 6.45) is 0. The largest absolute Gasteiger partial charge is 0.495 e. The number of rotatable bonds is 4. The van der Waals surface area contributed by atoms with Gasteiger partial charge in [0.15, 0.2) is 0 Å². The molecule has 0 radical (unpaired) electrons. The van der Waals surface area contributed by atoms with Gasteiger partial charge in [-0.25, -0.2) is 0 Å². The van der Waals surface area contributed by atoms with Crippen molar-refractivity contribution in [3.8, 4) is 5.75 Å². The van der Waals surface area contributed by atoms with E-state index in [-0.39, 0.29) is 11.9 Å². The first-order chi connectivity index (χ1) is 8.63. The highest BCUT2D eigenvalue weighted by Crippen LogP contribution is 2.35. The molecule has 1 aromatic heterocycles. The van der Waals surface area contributed by atoms with E-state index in [9.17, 15) is 0 Å². The van der Waals surface area contributed by atoms with Crippen LogP contribution >= 0.6 is 43.5 Å². The Morgan fingerprint density at radius 2 is 2.11 bits per heavy atom. The van der Waals surface area contributed by atoms with Gasteiger partial charge in [-0.15, -0.1) is 16.7 Å². The topological polar surface area (TPSA) is 60.2 Å². The molecule has 0 spiro atoms. The van der Waals surface area contributed by atoms with E-state index in [0.717, 1.165) is 14.6 Å². The lowest BCUT2D eigenvalue weighted by Gasteiger charge is -2.09. The highest BCUT2D eigenvalue weighted by molar-refractivity contribution is 9.11. The minimum absolute atomic E-state index is 0.180. The Hall–Kier alpha value is -0.790. The zero-order valence-corrected chi connectivity index (χ0v) is 13.1. The summed E-state index contributed by atoms with van der Waals surface area (Å²) in [5, 5.41) is 10.6. The van der Waals surface area contributed by atoms with Crippen LogP contribution < -0.4 is 10.1 Å². The summed E-state index contributed by atoms with van der Waals surface area (Å²) >= 11 is 12.4. The molecular weight excluding hydrogens is 389 g/mol. The van der Waals surface area contributed by atoms with Gasteiger partial charge in [0, 0.05) is 10.5 Å². The van der Waals surface area contributed by atoms with Crippen LogP contribution in [0.5, 0.6) is 5.75 Å². The highest BCUT2D eigenvalue weighted by atomic mass is 79.9. The number of nitrogens with zero attached hydrogens (tertiary/aromatic N) is 2. The lowest BCUT2D eigenvalue weighted by atomic mass is 10.3. The smallest absolute Gasteiger partial charge is 0.320 e. The summed E-state index contributed by atoms with van der Waals surface area (Å²) in [4.78, 5) is 0. The van der Waals surface area contributed by atoms with Crippen LogP contribution in [0.3, 0.4) is 0 Å². The van der Waals surface area contributed by atoms with Crippen LogP contribution in [0.1, 0.15) is 5.89 Å². The van der Waals surface area contributed by atoms with E-state index >= 15 is 0 Å². The number of halogens is 3. The number of hydrogen-bond donors (Lipinski definition) is 1. The predicted octanol–water partition coefficient (Wildman–Crippen LogP) is 4.09. The van der Waals surface area contributed by atoms with Crippen molar-refractivity contribution in [1.82, 2.24) is 10.2 Å². The monoisotopic (exact) mass is 395 g/mol. The summed E-state index contributed by atoms with van der Waals surface area (Å²) < 4.78 is 12.1. The zero-order chi connectivity index (χ0) is 13.1. The Bertz CT molecular complexity index is 562. The zero-order valence-electron chi connectivity index (χ0n) is 9.21. The van der Waals surface area contributed by atoms with Crippen molar-refractivity contribution in [2.75, 3.05) is 12.4 Å². The Labute approximate surface area is 125 Å². The molecular formula is C10H8Br2ClN3O2. The second-order valence-corrected chi connectivity index (χ2v) is 5.20. The molecule has 1 aromatic carbocycles. The van der Waals surface area contributed by atoms with Gasteiger partial charge in [-0.3, -0.25) is 0 Å². The lowest BCUT2D eigenvalue weighted by Crippen LogP contribution is -1.94. The maximum absolute atomic E-state index is 5.58. The van der Waals surface area contributed by atoms with E-state index in [1.807, 2.05) is 6.07 Å². The summed E-state index contributed by atoms with van der Waals surface area (Å²) in [6.45, 7) is 0. The van der Waals surface area contributed by atoms with Crippen LogP contribution in [-0.2, 0) is 5.88 Å². The third-order valence-electron chi connectivity index (χ3n) is 2.06. The summed E-state index contributed by atoms with van der Waals surface area (Å²) in [5.41, 5.74) is 0.750. The van der Waals surface area contributed by atoms with Gasteiger partial charge in [0.25, 0.3) is 0 Å². The number of hydrogen-bond acceptors (Lipinski definition) is 5. The molecule has 96 valence electrons. The van der Waals surface area contributed by atoms with Crippen LogP contribution in [-0.4, -0.2) is 17.3 Å². The second kappa shape index (κ2) is 5.90. The van der Waals surface area contributed by atoms with Gasteiger partial charge in [0.05, 0.1) is 17.3 Å². The number of aromatic nitrogens is 2. The molecule has 0 aliphatic heterocycles. The number of benzene rings is 1. The van der Waals surface area contributed by atoms with Gasteiger partial charge in [-0.1, -0.05) is 5.10 Å². The SMILES string of the molecule is COc1cc(Nc2nnc(CCl)o2)c(Br)cc1Br. The fourth-order valence-corrected chi connectivity index (χ4v) is 2.62. The van der Waals surface area contributed by atoms with E-state index in [1.165, 1.54) is 0 Å². The number of anilines is 2. The van der Waals surface area contributed by atoms with Crippen LogP contribution in [0.4, 0.5) is 11.7 Å². The van der Waals surface area contributed by atoms with Gasteiger partial charge >= 0.3 is 6.01 Å². The van der Waals surface area contributed by atoms with Gasteiger partial charge in [0.2, 0.25) is 5.89 Å². The van der Waals surface area contributed by atoms with Crippen molar-refractivity contribution in [2.24, 2.45) is 0 Å². The number of nitrogens with one attached hydrogen (secondary N) is 1. The van der Waals surface area contributed by atoms with Gasteiger partial charge in [-0.05, 0) is 37.9 Å². The van der Waals surface area contributed by atoms with E-state index in [4.69, 9.17) is 20.8 Å². The first kappa shape index (κ1) is 13.6. The minimum atomic E-state index is 0.180. The van der Waals surface area contributed by atoms with Crippen molar-refractivity contribution < 1.29 is 9.15 Å². The molecule has 18 heavy (non-hydrogen) atoms. The average Bonchev–Trinajstić information content (AvgIpc) is 2.80. The molecule has 0 saturated carbocycles. The molecule has 0 bridgehead atoms. The fraction of sp³-hybridized carbons (Fsp3) is 0.200. The van der Waals surface area contributed by atoms with Gasteiger partial charge < -0.3 is 14.5 Å². The van der Waals surface area contributed by atoms with Gasteiger partial charge in [-0.2, -0.15) is 0 Å². The molecule has 1 heterocycles. The van der Waals surface area contributed by atoms with Crippen molar-refractivity contribution in [1.29, 1.82) is 0 Å². The van der Waals surface area contributed by atoms with Crippen LogP contribution in [0, 0.1) is 0 Å². The number of alkyl halides is 1. The van der Waals surface area contributed by atoms with Crippen LogP contribution in [0.15, 0.2) is 25.5 Å². The summed E-state index contributed by atoms with van der Waals surface area (Å²) in [6, 6.07) is 3.94. The molecule has 5 nitrogen and oxygen atoms in total. The molecule has 2 rings (SSSR count). The molecule has 0 atom stereocenters. The molecule has 0 saturated heterocycles. The van der Waals surface area contributed by atoms with Crippen molar-refractivity contribution in [3.05, 3.63) is 27.0 Å². The van der Waals surface area contributed by atoms with E-state index in [2.05, 4.69) is 47.4 Å². The molecule has 0 aliphatic carbocycles. The second-order valence-electron chi connectivity index (χ2n) is 3.23. The number of ether oxygens (including phenoxy) is 1. The van der Waals surface area contributed by atoms with E-state index < -0.39 is 0 Å². The van der Waals surface area contributed by atoms with Gasteiger partial charge in [0.1, 0.15) is 11.6 Å². The Morgan fingerprint density at radius 1 is 1.33 bits per heavy atom. The summed E-state index contributed by atoms with van der Waals surface area (Å²) in [5.74, 6) is 1.23. The lowest BCUT2D eigenvalue weighted by molar-refractivity contribution is 0.412. The molecule has 0 amide bonds. The molecule has 0 unspecified atom stereocenters. The first-order valence-electron chi connectivity index (χ1n) is 4.82. The minimum Gasteiger partial charge on any atom is -0.495 e. The van der Waals surface area contributed by atoms with Crippen molar-refractivity contribution in [3.63, 3.8) is 0 Å². The maximum atomic E-state index is 5.58. The molecule has 0 aliphatic rings. The Balaban J connectivity index is 2.28.